The van der Waals surface area contributed by atoms with Gasteiger partial charge in [0.05, 0.1) is 11.9 Å². The van der Waals surface area contributed by atoms with E-state index in [1.54, 1.807) is 43.6 Å². The van der Waals surface area contributed by atoms with Crippen molar-refractivity contribution in [2.24, 2.45) is 0 Å². The second-order valence-electron chi connectivity index (χ2n) is 5.65. The number of aryl methyl sites for hydroxylation is 1. The van der Waals surface area contributed by atoms with E-state index in [1.165, 1.54) is 0 Å². The number of nitrogens with zero attached hydrogens (tertiary/aromatic N) is 2. The molecular formula is C17H21N3O3S. The van der Waals surface area contributed by atoms with Crippen molar-refractivity contribution >= 4 is 21.6 Å². The van der Waals surface area contributed by atoms with E-state index in [9.17, 15) is 13.2 Å². The second-order valence-corrected chi connectivity index (χ2v) is 7.51. The Morgan fingerprint density at radius 3 is 2.62 bits per heavy atom. The molecule has 0 aliphatic rings. The molecule has 2 rings (SSSR count). The van der Waals surface area contributed by atoms with Crippen molar-refractivity contribution < 1.29 is 13.2 Å². The first-order chi connectivity index (χ1) is 11.3. The highest BCUT2D eigenvalue weighted by Crippen LogP contribution is 2.21. The van der Waals surface area contributed by atoms with Gasteiger partial charge in [-0.25, -0.2) is 8.42 Å². The lowest BCUT2D eigenvalue weighted by atomic mass is 10.2. The lowest BCUT2D eigenvalue weighted by molar-refractivity contribution is -0.122. The molecule has 1 aromatic carbocycles. The second kappa shape index (κ2) is 7.44. The van der Waals surface area contributed by atoms with E-state index in [2.05, 4.69) is 10.3 Å². The third-order valence-electron chi connectivity index (χ3n) is 3.53. The molecule has 7 heteroatoms. The molecule has 0 spiro atoms. The Morgan fingerprint density at radius 1 is 1.29 bits per heavy atom. The van der Waals surface area contributed by atoms with Gasteiger partial charge in [0.2, 0.25) is 15.9 Å². The van der Waals surface area contributed by atoms with E-state index in [-0.39, 0.29) is 5.91 Å². The molecule has 128 valence electrons. The number of rotatable bonds is 6. The van der Waals surface area contributed by atoms with Gasteiger partial charge in [-0.2, -0.15) is 0 Å². The molecule has 0 aliphatic carbocycles. The van der Waals surface area contributed by atoms with Crippen LogP contribution in [0.1, 0.15) is 18.1 Å². The summed E-state index contributed by atoms with van der Waals surface area (Å²) in [5, 5.41) is 2.75. The molecule has 1 N–H and O–H groups in total. The van der Waals surface area contributed by atoms with Gasteiger partial charge in [-0.05, 0) is 43.2 Å². The molecule has 24 heavy (non-hydrogen) atoms. The standard InChI is InChI=1S/C17H21N3O3S/c1-13-6-4-8-16(10-13)20(24(3,22)23)14(2)17(21)19-12-15-7-5-9-18-11-15/h4-11,14H,12H2,1-3H3,(H,19,21). The molecule has 1 heterocycles. The Bertz CT molecular complexity index is 807. The van der Waals surface area contributed by atoms with E-state index < -0.39 is 16.1 Å². The quantitative estimate of drug-likeness (QED) is 0.865. The maximum atomic E-state index is 12.4. The van der Waals surface area contributed by atoms with Crippen LogP contribution in [-0.4, -0.2) is 31.6 Å². The van der Waals surface area contributed by atoms with Crippen LogP contribution in [-0.2, 0) is 21.4 Å². The van der Waals surface area contributed by atoms with Crippen molar-refractivity contribution in [3.05, 3.63) is 59.9 Å². The third kappa shape index (κ3) is 4.55. The fourth-order valence-corrected chi connectivity index (χ4v) is 3.58. The fraction of sp³-hybridized carbons (Fsp3) is 0.294. The Morgan fingerprint density at radius 2 is 2.04 bits per heavy atom. The summed E-state index contributed by atoms with van der Waals surface area (Å²) in [5.41, 5.74) is 2.24. The van der Waals surface area contributed by atoms with Gasteiger partial charge in [0, 0.05) is 18.9 Å². The van der Waals surface area contributed by atoms with Crippen molar-refractivity contribution in [1.29, 1.82) is 0 Å². The van der Waals surface area contributed by atoms with Crippen LogP contribution in [0.3, 0.4) is 0 Å². The molecule has 0 saturated carbocycles. The number of hydrogen-bond donors (Lipinski definition) is 1. The van der Waals surface area contributed by atoms with Crippen LogP contribution in [0.15, 0.2) is 48.8 Å². The monoisotopic (exact) mass is 347 g/mol. The zero-order chi connectivity index (χ0) is 17.7. The van der Waals surface area contributed by atoms with E-state index in [4.69, 9.17) is 0 Å². The van der Waals surface area contributed by atoms with E-state index in [0.717, 1.165) is 21.7 Å². The number of nitrogens with one attached hydrogen (secondary N) is 1. The summed E-state index contributed by atoms with van der Waals surface area (Å²) in [4.78, 5) is 16.4. The smallest absolute Gasteiger partial charge is 0.243 e. The molecule has 1 amide bonds. The minimum absolute atomic E-state index is 0.294. The zero-order valence-electron chi connectivity index (χ0n) is 13.9. The molecular weight excluding hydrogens is 326 g/mol. The van der Waals surface area contributed by atoms with Gasteiger partial charge in [-0.1, -0.05) is 18.2 Å². The Balaban J connectivity index is 2.19. The van der Waals surface area contributed by atoms with Crippen LogP contribution in [0.2, 0.25) is 0 Å². The SMILES string of the molecule is Cc1cccc(N(C(C)C(=O)NCc2cccnc2)S(C)(=O)=O)c1. The van der Waals surface area contributed by atoms with Crippen LogP contribution in [0.25, 0.3) is 0 Å². The van der Waals surface area contributed by atoms with Gasteiger partial charge >= 0.3 is 0 Å². The summed E-state index contributed by atoms with van der Waals surface area (Å²) in [5.74, 6) is -0.370. The molecule has 0 radical (unpaired) electrons. The van der Waals surface area contributed by atoms with Crippen molar-refractivity contribution in [3.63, 3.8) is 0 Å². The van der Waals surface area contributed by atoms with Gasteiger partial charge < -0.3 is 5.32 Å². The number of amides is 1. The van der Waals surface area contributed by atoms with Gasteiger partial charge in [0.15, 0.2) is 0 Å². The lowest BCUT2D eigenvalue weighted by Crippen LogP contribution is -2.47. The summed E-state index contributed by atoms with van der Waals surface area (Å²) >= 11 is 0. The van der Waals surface area contributed by atoms with Gasteiger partial charge in [-0.3, -0.25) is 14.1 Å². The van der Waals surface area contributed by atoms with E-state index in [1.807, 2.05) is 19.1 Å². The summed E-state index contributed by atoms with van der Waals surface area (Å²) in [6, 6.07) is 9.82. The Labute approximate surface area is 142 Å². The van der Waals surface area contributed by atoms with Gasteiger partial charge in [0.1, 0.15) is 6.04 Å². The molecule has 0 bridgehead atoms. The number of carbonyl (C=O) groups is 1. The number of hydrogen-bond acceptors (Lipinski definition) is 4. The predicted octanol–water partition coefficient (Wildman–Crippen LogP) is 1.86. The fourth-order valence-electron chi connectivity index (χ4n) is 2.41. The van der Waals surface area contributed by atoms with Crippen LogP contribution in [0.4, 0.5) is 5.69 Å². The van der Waals surface area contributed by atoms with Crippen LogP contribution in [0, 0.1) is 6.92 Å². The minimum Gasteiger partial charge on any atom is -0.350 e. The highest BCUT2D eigenvalue weighted by Gasteiger charge is 2.28. The lowest BCUT2D eigenvalue weighted by Gasteiger charge is -2.28. The molecule has 1 unspecified atom stereocenters. The number of benzene rings is 1. The summed E-state index contributed by atoms with van der Waals surface area (Å²) in [6.07, 6.45) is 4.40. The third-order valence-corrected chi connectivity index (χ3v) is 4.78. The van der Waals surface area contributed by atoms with Crippen LogP contribution < -0.4 is 9.62 Å². The molecule has 2 aromatic rings. The maximum Gasteiger partial charge on any atom is 0.243 e. The minimum atomic E-state index is -3.60. The molecule has 1 atom stereocenters. The maximum absolute atomic E-state index is 12.4. The van der Waals surface area contributed by atoms with Crippen molar-refractivity contribution in [1.82, 2.24) is 10.3 Å². The molecule has 0 fully saturated rings. The average Bonchev–Trinajstić information content (AvgIpc) is 2.52. The van der Waals surface area contributed by atoms with E-state index >= 15 is 0 Å². The van der Waals surface area contributed by atoms with Gasteiger partial charge in [0.25, 0.3) is 0 Å². The first-order valence-electron chi connectivity index (χ1n) is 7.51. The van der Waals surface area contributed by atoms with Crippen molar-refractivity contribution in [2.75, 3.05) is 10.6 Å². The Hall–Kier alpha value is -2.41. The molecule has 0 saturated heterocycles. The molecule has 0 aliphatic heterocycles. The number of aromatic nitrogens is 1. The zero-order valence-corrected chi connectivity index (χ0v) is 14.7. The first kappa shape index (κ1) is 17.9. The normalized spacial score (nSPS) is 12.5. The van der Waals surface area contributed by atoms with Crippen molar-refractivity contribution in [2.45, 2.75) is 26.4 Å². The summed E-state index contributed by atoms with van der Waals surface area (Å²) in [7, 11) is -3.60. The topological polar surface area (TPSA) is 79.4 Å². The largest absolute Gasteiger partial charge is 0.350 e. The number of sulfonamides is 1. The highest BCUT2D eigenvalue weighted by atomic mass is 32.2. The highest BCUT2D eigenvalue weighted by molar-refractivity contribution is 7.92. The first-order valence-corrected chi connectivity index (χ1v) is 9.36. The number of anilines is 1. The number of carbonyl (C=O) groups excluding carboxylic acids is 1. The van der Waals surface area contributed by atoms with Crippen molar-refractivity contribution in [3.8, 4) is 0 Å². The predicted molar refractivity (Wildman–Crippen MR) is 94.0 cm³/mol. The molecule has 1 aromatic heterocycles. The number of pyridine rings is 1. The average molecular weight is 347 g/mol. The van der Waals surface area contributed by atoms with Crippen LogP contribution in [0.5, 0.6) is 0 Å². The summed E-state index contributed by atoms with van der Waals surface area (Å²) in [6.45, 7) is 3.74. The van der Waals surface area contributed by atoms with Gasteiger partial charge in [-0.15, -0.1) is 0 Å². The van der Waals surface area contributed by atoms with E-state index in [0.29, 0.717) is 12.2 Å². The molecule has 6 nitrogen and oxygen atoms in total. The van der Waals surface area contributed by atoms with Crippen LogP contribution >= 0.6 is 0 Å². The summed E-state index contributed by atoms with van der Waals surface area (Å²) < 4.78 is 25.5. The Kier molecular flexibility index (Phi) is 5.56.